The highest BCUT2D eigenvalue weighted by Crippen LogP contribution is 2.39. The van der Waals surface area contributed by atoms with Crippen molar-refractivity contribution in [1.82, 2.24) is 19.6 Å². The van der Waals surface area contributed by atoms with Crippen molar-refractivity contribution in [3.8, 4) is 0 Å². The molecule has 150 valence electrons. The molecule has 2 aliphatic rings. The van der Waals surface area contributed by atoms with Gasteiger partial charge in [0.1, 0.15) is 11.2 Å². The zero-order valence-corrected chi connectivity index (χ0v) is 16.9. The van der Waals surface area contributed by atoms with Crippen LogP contribution in [0.25, 0.3) is 5.65 Å². The van der Waals surface area contributed by atoms with Gasteiger partial charge in [0, 0.05) is 30.5 Å². The van der Waals surface area contributed by atoms with Gasteiger partial charge in [0.15, 0.2) is 0 Å². The Bertz CT molecular complexity index is 924. The van der Waals surface area contributed by atoms with Gasteiger partial charge < -0.3 is 10.2 Å². The smallest absolute Gasteiger partial charge is 0.270 e. The number of pyridine rings is 1. The van der Waals surface area contributed by atoms with E-state index in [2.05, 4.69) is 15.2 Å². The Morgan fingerprint density at radius 1 is 1.18 bits per heavy atom. The van der Waals surface area contributed by atoms with Crippen molar-refractivity contribution in [2.24, 2.45) is 0 Å². The second-order valence-electron chi connectivity index (χ2n) is 8.60. The van der Waals surface area contributed by atoms with E-state index >= 15 is 0 Å². The standard InChI is InChI=1S/C22H30N4O2/c1-25(2)14-16-11-12-26-20(19(16)15-7-6-8-15)23-13-18(22(26)28)21(27)24-17-9-4-3-5-10-17/h11-13,15,17H,3-10,14H2,1-2H3,(H,24,27). The third-order valence-corrected chi connectivity index (χ3v) is 6.19. The number of fused-ring (bicyclic) bond motifs is 1. The van der Waals surface area contributed by atoms with Crippen LogP contribution >= 0.6 is 0 Å². The number of carbonyl (C=O) groups is 1. The van der Waals surface area contributed by atoms with Crippen LogP contribution < -0.4 is 10.9 Å². The highest BCUT2D eigenvalue weighted by Gasteiger charge is 2.27. The summed E-state index contributed by atoms with van der Waals surface area (Å²) in [6, 6.07) is 2.20. The number of rotatable bonds is 5. The van der Waals surface area contributed by atoms with Gasteiger partial charge in [-0.3, -0.25) is 14.0 Å². The summed E-state index contributed by atoms with van der Waals surface area (Å²) in [6.07, 6.45) is 12.3. The third-order valence-electron chi connectivity index (χ3n) is 6.19. The predicted molar refractivity (Wildman–Crippen MR) is 110 cm³/mol. The van der Waals surface area contributed by atoms with Crippen LogP contribution in [-0.2, 0) is 6.54 Å². The number of hydrogen-bond donors (Lipinski definition) is 1. The van der Waals surface area contributed by atoms with E-state index in [-0.39, 0.29) is 23.1 Å². The number of carbonyl (C=O) groups excluding carboxylic acids is 1. The van der Waals surface area contributed by atoms with Gasteiger partial charge in [0.05, 0.1) is 0 Å². The number of nitrogens with one attached hydrogen (secondary N) is 1. The number of amides is 1. The van der Waals surface area contributed by atoms with E-state index in [1.54, 1.807) is 10.6 Å². The summed E-state index contributed by atoms with van der Waals surface area (Å²) in [5.74, 6) is 0.168. The SMILES string of the molecule is CN(C)Cc1ccn2c(=O)c(C(=O)NC3CCCCC3)cnc2c1C1CCC1. The summed E-state index contributed by atoms with van der Waals surface area (Å²) < 4.78 is 1.57. The summed E-state index contributed by atoms with van der Waals surface area (Å²) in [4.78, 5) is 32.5. The van der Waals surface area contributed by atoms with Crippen LogP contribution in [0.1, 0.15) is 78.8 Å². The van der Waals surface area contributed by atoms with Gasteiger partial charge in [-0.2, -0.15) is 0 Å². The van der Waals surface area contributed by atoms with Crippen LogP contribution in [-0.4, -0.2) is 40.3 Å². The van der Waals surface area contributed by atoms with Crippen LogP contribution in [0.2, 0.25) is 0 Å². The molecule has 0 aliphatic heterocycles. The molecule has 2 aromatic rings. The Kier molecular flexibility index (Phi) is 5.49. The molecule has 6 nitrogen and oxygen atoms in total. The lowest BCUT2D eigenvalue weighted by Gasteiger charge is -2.29. The van der Waals surface area contributed by atoms with E-state index in [9.17, 15) is 9.59 Å². The summed E-state index contributed by atoms with van der Waals surface area (Å²) in [5.41, 5.74) is 2.99. The fourth-order valence-electron chi connectivity index (χ4n) is 4.49. The maximum atomic E-state index is 13.1. The molecular formula is C22H30N4O2. The Labute approximate surface area is 166 Å². The second-order valence-corrected chi connectivity index (χ2v) is 8.60. The van der Waals surface area contributed by atoms with Gasteiger partial charge in [0.25, 0.3) is 11.5 Å². The normalized spacial score (nSPS) is 18.4. The highest BCUT2D eigenvalue weighted by molar-refractivity contribution is 5.94. The summed E-state index contributed by atoms with van der Waals surface area (Å²) >= 11 is 0. The number of aromatic nitrogens is 2. The highest BCUT2D eigenvalue weighted by atomic mass is 16.2. The Morgan fingerprint density at radius 2 is 1.93 bits per heavy atom. The summed E-state index contributed by atoms with van der Waals surface area (Å²) in [6.45, 7) is 0.822. The molecule has 0 bridgehead atoms. The zero-order valence-electron chi connectivity index (χ0n) is 16.9. The minimum Gasteiger partial charge on any atom is -0.349 e. The van der Waals surface area contributed by atoms with E-state index in [1.165, 1.54) is 30.2 Å². The Hall–Kier alpha value is -2.21. The number of hydrogen-bond acceptors (Lipinski definition) is 4. The topological polar surface area (TPSA) is 66.7 Å². The van der Waals surface area contributed by atoms with E-state index in [1.807, 2.05) is 20.2 Å². The first-order valence-corrected chi connectivity index (χ1v) is 10.5. The monoisotopic (exact) mass is 382 g/mol. The van der Waals surface area contributed by atoms with Gasteiger partial charge in [-0.15, -0.1) is 0 Å². The molecule has 2 fully saturated rings. The summed E-state index contributed by atoms with van der Waals surface area (Å²) in [7, 11) is 4.10. The van der Waals surface area contributed by atoms with Crippen LogP contribution in [0.3, 0.4) is 0 Å². The first-order valence-electron chi connectivity index (χ1n) is 10.5. The van der Waals surface area contributed by atoms with Gasteiger partial charge in [-0.25, -0.2) is 4.98 Å². The maximum Gasteiger partial charge on any atom is 0.270 e. The first kappa shape index (κ1) is 19.1. The predicted octanol–water partition coefficient (Wildman–Crippen LogP) is 3.09. The van der Waals surface area contributed by atoms with Crippen LogP contribution in [0, 0.1) is 0 Å². The molecule has 2 aromatic heterocycles. The lowest BCUT2D eigenvalue weighted by Crippen LogP contribution is -2.39. The van der Waals surface area contributed by atoms with E-state index in [0.717, 1.165) is 45.1 Å². The molecule has 28 heavy (non-hydrogen) atoms. The van der Waals surface area contributed by atoms with Crippen molar-refractivity contribution in [1.29, 1.82) is 0 Å². The lowest BCUT2D eigenvalue weighted by molar-refractivity contribution is 0.0925. The average molecular weight is 383 g/mol. The fraction of sp³-hybridized carbons (Fsp3) is 0.591. The molecule has 1 amide bonds. The molecule has 0 saturated heterocycles. The molecule has 0 unspecified atom stereocenters. The van der Waals surface area contributed by atoms with Gasteiger partial charge in [0.2, 0.25) is 0 Å². The number of nitrogens with zero attached hydrogens (tertiary/aromatic N) is 3. The van der Waals surface area contributed by atoms with Gasteiger partial charge >= 0.3 is 0 Å². The van der Waals surface area contributed by atoms with Crippen molar-refractivity contribution in [2.75, 3.05) is 14.1 Å². The van der Waals surface area contributed by atoms with Gasteiger partial charge in [-0.05, 0) is 57.3 Å². The quantitative estimate of drug-likeness (QED) is 0.863. The molecule has 0 aromatic carbocycles. The molecule has 2 heterocycles. The minimum absolute atomic E-state index is 0.142. The first-order chi connectivity index (χ1) is 13.5. The zero-order chi connectivity index (χ0) is 19.7. The Morgan fingerprint density at radius 3 is 2.57 bits per heavy atom. The van der Waals surface area contributed by atoms with E-state index < -0.39 is 0 Å². The fourth-order valence-corrected chi connectivity index (χ4v) is 4.49. The van der Waals surface area contributed by atoms with Crippen LogP contribution in [0.15, 0.2) is 23.3 Å². The Balaban J connectivity index is 1.70. The van der Waals surface area contributed by atoms with Crippen molar-refractivity contribution in [2.45, 2.75) is 69.9 Å². The van der Waals surface area contributed by atoms with Crippen LogP contribution in [0.4, 0.5) is 0 Å². The molecule has 0 radical (unpaired) electrons. The molecule has 0 atom stereocenters. The maximum absolute atomic E-state index is 13.1. The third kappa shape index (κ3) is 3.70. The van der Waals surface area contributed by atoms with E-state index in [0.29, 0.717) is 11.6 Å². The van der Waals surface area contributed by atoms with Crippen molar-refractivity contribution >= 4 is 11.6 Å². The molecular weight excluding hydrogens is 352 g/mol. The van der Waals surface area contributed by atoms with Crippen LogP contribution in [0.5, 0.6) is 0 Å². The van der Waals surface area contributed by atoms with Crippen molar-refractivity contribution in [3.63, 3.8) is 0 Å². The van der Waals surface area contributed by atoms with Gasteiger partial charge in [-0.1, -0.05) is 25.7 Å². The second kappa shape index (κ2) is 8.03. The van der Waals surface area contributed by atoms with Crippen molar-refractivity contribution < 1.29 is 4.79 Å². The molecule has 1 N–H and O–H groups in total. The minimum atomic E-state index is -0.290. The largest absolute Gasteiger partial charge is 0.349 e. The average Bonchev–Trinajstić information content (AvgIpc) is 2.62. The molecule has 4 rings (SSSR count). The lowest BCUT2D eigenvalue weighted by atomic mass is 9.78. The molecule has 0 spiro atoms. The molecule has 2 aliphatic carbocycles. The van der Waals surface area contributed by atoms with Crippen molar-refractivity contribution in [3.05, 3.63) is 45.5 Å². The molecule has 2 saturated carbocycles. The van der Waals surface area contributed by atoms with E-state index in [4.69, 9.17) is 0 Å². The molecule has 6 heteroatoms. The summed E-state index contributed by atoms with van der Waals surface area (Å²) in [5, 5.41) is 3.04.